The molecule has 0 aliphatic heterocycles. The van der Waals surface area contributed by atoms with E-state index < -0.39 is 25.5 Å². The van der Waals surface area contributed by atoms with Crippen molar-refractivity contribution in [2.24, 2.45) is 0 Å². The van der Waals surface area contributed by atoms with Crippen LogP contribution in [0.4, 0.5) is 0 Å². The van der Waals surface area contributed by atoms with E-state index in [4.69, 9.17) is 10.6 Å². The molecule has 0 spiro atoms. The highest BCUT2D eigenvalue weighted by Gasteiger charge is 2.07. The first-order valence-corrected chi connectivity index (χ1v) is 3.70. The molecule has 0 aliphatic carbocycles. The van der Waals surface area contributed by atoms with E-state index in [1.165, 1.54) is 0 Å². The van der Waals surface area contributed by atoms with Crippen molar-refractivity contribution in [2.45, 2.75) is 12.3 Å². The minimum absolute atomic E-state index is 0.452. The number of benzene rings is 1. The van der Waals surface area contributed by atoms with E-state index in [-0.39, 0.29) is 0 Å². The molecule has 66 valence electrons. The Morgan fingerprint density at radius 2 is 1.92 bits per heavy atom. The lowest BCUT2D eigenvalue weighted by atomic mass is 9.97. The van der Waals surface area contributed by atoms with Crippen LogP contribution in [0.1, 0.15) is 23.4 Å². The summed E-state index contributed by atoms with van der Waals surface area (Å²) in [6, 6.07) is 8.25. The fourth-order valence-electron chi connectivity index (χ4n) is 1.01. The molecule has 0 radical (unpaired) electrons. The lowest BCUT2D eigenvalue weighted by Crippen LogP contribution is -2.05. The summed E-state index contributed by atoms with van der Waals surface area (Å²) in [5.74, 6) is -1.10. The minimum atomic E-state index is -2.57. The van der Waals surface area contributed by atoms with Gasteiger partial charge in [-0.2, -0.15) is 0 Å². The average Bonchev–Trinajstić information content (AvgIpc) is 2.13. The van der Waals surface area contributed by atoms with Crippen LogP contribution in [0.5, 0.6) is 0 Å². The Bertz CT molecular complexity index is 329. The largest absolute Gasteiger partial charge is 0.396 e. The van der Waals surface area contributed by atoms with Crippen molar-refractivity contribution in [1.29, 1.82) is 0 Å². The van der Waals surface area contributed by atoms with Gasteiger partial charge in [-0.1, -0.05) is 30.3 Å². The van der Waals surface area contributed by atoms with Crippen molar-refractivity contribution in [3.8, 4) is 0 Å². The van der Waals surface area contributed by atoms with E-state index in [1.807, 2.05) is 0 Å². The lowest BCUT2D eigenvalue weighted by molar-refractivity contribution is 0.220. The molecule has 12 heavy (non-hydrogen) atoms. The van der Waals surface area contributed by atoms with E-state index in [2.05, 4.69) is 0 Å². The zero-order chi connectivity index (χ0) is 12.4. The lowest BCUT2D eigenvalue weighted by Gasteiger charge is -2.12. The normalized spacial score (nSPS) is 20.2. The molecular formula is C10H14O2. The number of hydrogen-bond acceptors (Lipinski definition) is 2. The van der Waals surface area contributed by atoms with Gasteiger partial charge in [0, 0.05) is 12.5 Å². The fourth-order valence-corrected chi connectivity index (χ4v) is 1.01. The molecule has 2 nitrogen and oxygen atoms in total. The quantitative estimate of drug-likeness (QED) is 0.711. The van der Waals surface area contributed by atoms with E-state index in [1.54, 1.807) is 30.3 Å². The zero-order valence-electron chi connectivity index (χ0n) is 10.6. The summed E-state index contributed by atoms with van der Waals surface area (Å²) in [6.07, 6.45) is -0.499. The summed E-state index contributed by atoms with van der Waals surface area (Å²) in [4.78, 5) is 0. The predicted octanol–water partition coefficient (Wildman–Crippen LogP) is 1.14. The molecule has 0 bridgehead atoms. The summed E-state index contributed by atoms with van der Waals surface area (Å²) in [5, 5.41) is 18.4. The molecule has 0 heterocycles. The van der Waals surface area contributed by atoms with Crippen LogP contribution in [0.3, 0.4) is 0 Å². The van der Waals surface area contributed by atoms with Crippen molar-refractivity contribution in [2.75, 3.05) is 13.1 Å². The van der Waals surface area contributed by atoms with Gasteiger partial charge in [0.15, 0.2) is 0 Å². The second-order valence-corrected chi connectivity index (χ2v) is 2.45. The first-order valence-electron chi connectivity index (χ1n) is 5.70. The molecule has 1 rings (SSSR count). The standard InChI is InChI=1S/C10H14O2/c11-7-6-10(8-12)9-4-2-1-3-5-9/h1-5,10-12H,6-8H2/i7D2,8D2. The monoisotopic (exact) mass is 170 g/mol. The molecule has 2 heteroatoms. The van der Waals surface area contributed by atoms with Gasteiger partial charge in [0.1, 0.15) is 0 Å². The average molecular weight is 170 g/mol. The summed E-state index contributed by atoms with van der Waals surface area (Å²) in [7, 11) is 0. The summed E-state index contributed by atoms with van der Waals surface area (Å²) < 4.78 is 28.6. The maximum Gasteiger partial charge on any atom is 0.0570 e. The predicted molar refractivity (Wildman–Crippen MR) is 48.0 cm³/mol. The van der Waals surface area contributed by atoms with Crippen LogP contribution in [0.25, 0.3) is 0 Å². The van der Waals surface area contributed by atoms with Gasteiger partial charge < -0.3 is 10.2 Å². The second kappa shape index (κ2) is 4.91. The van der Waals surface area contributed by atoms with Crippen LogP contribution in [-0.2, 0) is 0 Å². The van der Waals surface area contributed by atoms with E-state index in [0.29, 0.717) is 5.56 Å². The molecular weight excluding hydrogens is 152 g/mol. The Morgan fingerprint density at radius 3 is 2.42 bits per heavy atom. The zero-order valence-corrected chi connectivity index (χ0v) is 6.57. The molecule has 0 fully saturated rings. The fraction of sp³-hybridized carbons (Fsp3) is 0.400. The summed E-state index contributed by atoms with van der Waals surface area (Å²) >= 11 is 0. The van der Waals surface area contributed by atoms with Crippen molar-refractivity contribution in [3.63, 3.8) is 0 Å². The molecule has 0 aromatic heterocycles. The van der Waals surface area contributed by atoms with Crippen molar-refractivity contribution >= 4 is 0 Å². The van der Waals surface area contributed by atoms with Crippen LogP contribution >= 0.6 is 0 Å². The Hall–Kier alpha value is -0.860. The smallest absolute Gasteiger partial charge is 0.0570 e. The SMILES string of the molecule is [2H]C([2H])(O)CC(c1ccccc1)C([2H])([2H])O. The molecule has 1 unspecified atom stereocenters. The van der Waals surface area contributed by atoms with Crippen LogP contribution in [0.15, 0.2) is 30.3 Å². The highest BCUT2D eigenvalue weighted by Crippen LogP contribution is 2.17. The third-order valence-electron chi connectivity index (χ3n) is 1.65. The molecule has 0 amide bonds. The Labute approximate surface area is 78.1 Å². The topological polar surface area (TPSA) is 40.5 Å². The third-order valence-corrected chi connectivity index (χ3v) is 1.65. The van der Waals surface area contributed by atoms with Crippen LogP contribution in [0.2, 0.25) is 0 Å². The Balaban J connectivity index is 2.98. The van der Waals surface area contributed by atoms with E-state index in [9.17, 15) is 5.11 Å². The molecule has 0 aliphatic rings. The molecule has 0 saturated heterocycles. The highest BCUT2D eigenvalue weighted by molar-refractivity contribution is 5.19. The van der Waals surface area contributed by atoms with Gasteiger partial charge in [-0.25, -0.2) is 0 Å². The van der Waals surface area contributed by atoms with Crippen molar-refractivity contribution in [3.05, 3.63) is 35.9 Å². The van der Waals surface area contributed by atoms with Crippen LogP contribution in [0, 0.1) is 0 Å². The second-order valence-electron chi connectivity index (χ2n) is 2.45. The van der Waals surface area contributed by atoms with E-state index in [0.717, 1.165) is 0 Å². The Morgan fingerprint density at radius 1 is 1.25 bits per heavy atom. The van der Waals surface area contributed by atoms with Gasteiger partial charge >= 0.3 is 0 Å². The number of aliphatic hydroxyl groups is 2. The number of rotatable bonds is 4. The maximum atomic E-state index is 9.35. The molecule has 2 N–H and O–H groups in total. The highest BCUT2D eigenvalue weighted by atomic mass is 16.3. The van der Waals surface area contributed by atoms with Gasteiger partial charge in [0.2, 0.25) is 0 Å². The summed E-state index contributed by atoms with van der Waals surface area (Å²) in [5.41, 5.74) is 0.452. The maximum absolute atomic E-state index is 9.35. The van der Waals surface area contributed by atoms with Gasteiger partial charge in [0.25, 0.3) is 0 Å². The van der Waals surface area contributed by atoms with Crippen LogP contribution in [-0.4, -0.2) is 23.3 Å². The van der Waals surface area contributed by atoms with Crippen molar-refractivity contribution < 1.29 is 15.7 Å². The molecule has 1 atom stereocenters. The summed E-state index contributed by atoms with van der Waals surface area (Å²) in [6.45, 7) is -5.09. The molecule has 1 aromatic rings. The van der Waals surface area contributed by atoms with Gasteiger partial charge in [-0.15, -0.1) is 0 Å². The minimum Gasteiger partial charge on any atom is -0.396 e. The van der Waals surface area contributed by atoms with Gasteiger partial charge in [-0.05, 0) is 12.0 Å². The molecule has 0 saturated carbocycles. The van der Waals surface area contributed by atoms with Gasteiger partial charge in [-0.3, -0.25) is 0 Å². The Kier molecular flexibility index (Phi) is 2.04. The first kappa shape index (κ1) is 5.00. The van der Waals surface area contributed by atoms with Crippen LogP contribution < -0.4 is 0 Å². The van der Waals surface area contributed by atoms with Crippen molar-refractivity contribution in [1.82, 2.24) is 0 Å². The van der Waals surface area contributed by atoms with E-state index >= 15 is 0 Å². The number of hydrogen-bond donors (Lipinski definition) is 2. The van der Waals surface area contributed by atoms with Gasteiger partial charge in [0.05, 0.1) is 12.0 Å². The third kappa shape index (κ3) is 2.32. The first-order chi connectivity index (χ1) is 7.20. The molecule has 1 aromatic carbocycles.